The minimum absolute atomic E-state index is 0. The molecule has 1 saturated heterocycles. The Bertz CT molecular complexity index is 808. The van der Waals surface area contributed by atoms with E-state index in [1.165, 1.54) is 6.20 Å². The lowest BCUT2D eigenvalue weighted by Gasteiger charge is -2.20. The number of halogens is 2. The average Bonchev–Trinajstić information content (AvgIpc) is 3.11. The van der Waals surface area contributed by atoms with Gasteiger partial charge in [-0.2, -0.15) is 0 Å². The van der Waals surface area contributed by atoms with Gasteiger partial charge in [0, 0.05) is 5.92 Å². The second-order valence-electron chi connectivity index (χ2n) is 7.66. The summed E-state index contributed by atoms with van der Waals surface area (Å²) in [6.07, 6.45) is 2.39. The van der Waals surface area contributed by atoms with Crippen molar-refractivity contribution >= 4 is 42.4 Å². The Morgan fingerprint density at radius 2 is 1.79 bits per heavy atom. The molecule has 158 valence electrons. The van der Waals surface area contributed by atoms with Crippen molar-refractivity contribution in [2.24, 2.45) is 0 Å². The third kappa shape index (κ3) is 6.70. The first-order valence-electron chi connectivity index (χ1n) is 9.12. The zero-order valence-corrected chi connectivity index (χ0v) is 18.3. The van der Waals surface area contributed by atoms with Gasteiger partial charge in [-0.1, -0.05) is 30.3 Å². The van der Waals surface area contributed by atoms with E-state index in [0.29, 0.717) is 5.69 Å². The van der Waals surface area contributed by atoms with Crippen molar-refractivity contribution in [3.63, 3.8) is 0 Å². The number of pyridine rings is 1. The molecule has 6 nitrogen and oxygen atoms in total. The first-order valence-corrected chi connectivity index (χ1v) is 9.12. The van der Waals surface area contributed by atoms with E-state index in [0.717, 1.165) is 18.5 Å². The highest BCUT2D eigenvalue weighted by Gasteiger charge is 2.33. The van der Waals surface area contributed by atoms with Gasteiger partial charge in [0.25, 0.3) is 0 Å². The van der Waals surface area contributed by atoms with Crippen LogP contribution < -0.4 is 10.6 Å². The Kier molecular flexibility index (Phi) is 9.08. The Hall–Kier alpha value is -2.15. The molecule has 8 heteroatoms. The number of anilines is 1. The van der Waals surface area contributed by atoms with Crippen LogP contribution in [0.15, 0.2) is 48.7 Å². The Morgan fingerprint density at radius 1 is 1.10 bits per heavy atom. The number of hydrogen-bond donors (Lipinski definition) is 2. The largest absolute Gasteiger partial charge is 0.455 e. The molecule has 2 aromatic rings. The third-order valence-corrected chi connectivity index (χ3v) is 4.37. The fraction of sp³-hybridized carbons (Fsp3) is 0.381. The number of amides is 1. The number of nitrogens with zero attached hydrogens (tertiary/aromatic N) is 1. The molecule has 29 heavy (non-hydrogen) atoms. The average molecular weight is 440 g/mol. The number of esters is 1. The van der Waals surface area contributed by atoms with E-state index in [9.17, 15) is 9.59 Å². The lowest BCUT2D eigenvalue weighted by atomic mass is 9.91. The molecule has 2 heterocycles. The second-order valence-corrected chi connectivity index (χ2v) is 7.66. The lowest BCUT2D eigenvalue weighted by molar-refractivity contribution is -0.118. The highest BCUT2D eigenvalue weighted by Crippen LogP contribution is 2.28. The zero-order chi connectivity index (χ0) is 19.4. The molecule has 1 amide bonds. The summed E-state index contributed by atoms with van der Waals surface area (Å²) in [4.78, 5) is 28.8. The van der Waals surface area contributed by atoms with Gasteiger partial charge < -0.3 is 15.4 Å². The number of carbonyl (C=O) groups is 2. The number of benzene rings is 1. The molecule has 3 rings (SSSR count). The van der Waals surface area contributed by atoms with Crippen LogP contribution in [0.1, 0.15) is 49.2 Å². The van der Waals surface area contributed by atoms with Crippen LogP contribution in [0.3, 0.4) is 0 Å². The maximum Gasteiger partial charge on any atom is 0.357 e. The van der Waals surface area contributed by atoms with Gasteiger partial charge in [-0.05, 0) is 51.4 Å². The van der Waals surface area contributed by atoms with E-state index in [1.807, 2.05) is 18.2 Å². The van der Waals surface area contributed by atoms with Crippen molar-refractivity contribution in [3.8, 4) is 0 Å². The summed E-state index contributed by atoms with van der Waals surface area (Å²) in [6.45, 7) is 6.21. The van der Waals surface area contributed by atoms with Gasteiger partial charge in [-0.3, -0.25) is 4.79 Å². The maximum atomic E-state index is 12.7. The molecule has 0 saturated carbocycles. The Labute approximate surface area is 183 Å². The SMILES string of the molecule is CC(C)(C)OC(=O)c1ccc(NC(=O)[C@H]2NCC[C@@H]2c2ccccc2)cn1.Cl.Cl. The van der Waals surface area contributed by atoms with E-state index in [4.69, 9.17) is 4.74 Å². The normalized spacial score (nSPS) is 18.2. The number of aromatic nitrogens is 1. The van der Waals surface area contributed by atoms with Crippen LogP contribution in [0.25, 0.3) is 0 Å². The first-order chi connectivity index (χ1) is 12.8. The summed E-state index contributed by atoms with van der Waals surface area (Å²) in [5.74, 6) is -0.449. The van der Waals surface area contributed by atoms with Gasteiger partial charge in [-0.25, -0.2) is 9.78 Å². The smallest absolute Gasteiger partial charge is 0.357 e. The Balaban J connectivity index is 0.00000210. The summed E-state index contributed by atoms with van der Waals surface area (Å²) < 4.78 is 5.29. The molecule has 0 aliphatic carbocycles. The van der Waals surface area contributed by atoms with Crippen molar-refractivity contribution in [2.75, 3.05) is 11.9 Å². The molecule has 2 N–H and O–H groups in total. The minimum atomic E-state index is -0.577. The fourth-order valence-electron chi connectivity index (χ4n) is 3.18. The van der Waals surface area contributed by atoms with Crippen molar-refractivity contribution in [2.45, 2.75) is 44.8 Å². The summed E-state index contributed by atoms with van der Waals surface area (Å²) in [6, 6.07) is 13.0. The Morgan fingerprint density at radius 3 is 2.38 bits per heavy atom. The van der Waals surface area contributed by atoms with Crippen LogP contribution in [-0.4, -0.2) is 35.0 Å². The molecule has 0 radical (unpaired) electrons. The number of rotatable bonds is 4. The first kappa shape index (κ1) is 24.9. The van der Waals surface area contributed by atoms with E-state index in [2.05, 4.69) is 27.8 Å². The van der Waals surface area contributed by atoms with Crippen LogP contribution in [0.2, 0.25) is 0 Å². The fourth-order valence-corrected chi connectivity index (χ4v) is 3.18. The summed E-state index contributed by atoms with van der Waals surface area (Å²) in [5.41, 5.74) is 1.34. The van der Waals surface area contributed by atoms with Gasteiger partial charge in [0.15, 0.2) is 0 Å². The molecule has 1 aliphatic rings. The number of nitrogens with one attached hydrogen (secondary N) is 2. The predicted molar refractivity (Wildman–Crippen MR) is 118 cm³/mol. The molecule has 2 atom stereocenters. The van der Waals surface area contributed by atoms with E-state index < -0.39 is 11.6 Å². The highest BCUT2D eigenvalue weighted by atomic mass is 35.5. The second kappa shape index (κ2) is 10.6. The minimum Gasteiger partial charge on any atom is -0.455 e. The summed E-state index contributed by atoms with van der Waals surface area (Å²) >= 11 is 0. The quantitative estimate of drug-likeness (QED) is 0.704. The molecule has 1 aromatic heterocycles. The molecule has 1 fully saturated rings. The molecule has 1 aromatic carbocycles. The lowest BCUT2D eigenvalue weighted by Crippen LogP contribution is -2.39. The molecular weight excluding hydrogens is 413 g/mol. The van der Waals surface area contributed by atoms with Crippen molar-refractivity contribution in [1.29, 1.82) is 0 Å². The third-order valence-electron chi connectivity index (χ3n) is 4.37. The molecule has 0 unspecified atom stereocenters. The molecule has 0 bridgehead atoms. The van der Waals surface area contributed by atoms with Crippen LogP contribution in [-0.2, 0) is 9.53 Å². The van der Waals surface area contributed by atoms with Crippen LogP contribution in [0.5, 0.6) is 0 Å². The standard InChI is InChI=1S/C21H25N3O3.2ClH/c1-21(2,3)27-20(26)17-10-9-15(13-23-17)24-19(25)18-16(11-12-22-18)14-7-5-4-6-8-14;;/h4-10,13,16,18,22H,11-12H2,1-3H3,(H,24,25);2*1H/t16-,18+;;/m1../s1. The maximum absolute atomic E-state index is 12.7. The topological polar surface area (TPSA) is 80.3 Å². The van der Waals surface area contributed by atoms with Crippen molar-refractivity contribution in [3.05, 3.63) is 59.9 Å². The van der Waals surface area contributed by atoms with Crippen LogP contribution in [0.4, 0.5) is 5.69 Å². The monoisotopic (exact) mass is 439 g/mol. The van der Waals surface area contributed by atoms with Crippen LogP contribution >= 0.6 is 24.8 Å². The molecule has 0 spiro atoms. The van der Waals surface area contributed by atoms with E-state index >= 15 is 0 Å². The highest BCUT2D eigenvalue weighted by molar-refractivity contribution is 5.96. The van der Waals surface area contributed by atoms with Gasteiger partial charge in [0.1, 0.15) is 11.3 Å². The van der Waals surface area contributed by atoms with E-state index in [-0.39, 0.29) is 48.4 Å². The van der Waals surface area contributed by atoms with Gasteiger partial charge in [0.2, 0.25) is 5.91 Å². The zero-order valence-electron chi connectivity index (χ0n) is 16.7. The predicted octanol–water partition coefficient (Wildman–Crippen LogP) is 3.96. The number of hydrogen-bond acceptors (Lipinski definition) is 5. The van der Waals surface area contributed by atoms with E-state index in [1.54, 1.807) is 32.9 Å². The number of carbonyl (C=O) groups excluding carboxylic acids is 2. The summed E-state index contributed by atoms with van der Waals surface area (Å²) in [5, 5.41) is 6.16. The van der Waals surface area contributed by atoms with Crippen molar-refractivity contribution in [1.82, 2.24) is 10.3 Å². The van der Waals surface area contributed by atoms with Gasteiger partial charge in [-0.15, -0.1) is 24.8 Å². The summed E-state index contributed by atoms with van der Waals surface area (Å²) in [7, 11) is 0. The van der Waals surface area contributed by atoms with Crippen LogP contribution in [0, 0.1) is 0 Å². The molecule has 1 aliphatic heterocycles. The van der Waals surface area contributed by atoms with Crippen molar-refractivity contribution < 1.29 is 14.3 Å². The van der Waals surface area contributed by atoms with Gasteiger partial charge >= 0.3 is 5.97 Å². The number of ether oxygens (including phenoxy) is 1. The molecular formula is C21H27Cl2N3O3. The van der Waals surface area contributed by atoms with Gasteiger partial charge in [0.05, 0.1) is 17.9 Å².